The van der Waals surface area contributed by atoms with Gasteiger partial charge in [0, 0.05) is 22.8 Å². The normalized spacial score (nSPS) is 13.9. The van der Waals surface area contributed by atoms with Crippen molar-refractivity contribution in [3.05, 3.63) is 88.6 Å². The molecular formula is C22H21NO3S. The highest BCUT2D eigenvalue weighted by Crippen LogP contribution is 2.37. The lowest BCUT2D eigenvalue weighted by atomic mass is 10.1. The Bertz CT molecular complexity index is 914. The van der Waals surface area contributed by atoms with Gasteiger partial charge in [0.1, 0.15) is 0 Å². The highest BCUT2D eigenvalue weighted by atomic mass is 32.2. The molecule has 0 saturated heterocycles. The van der Waals surface area contributed by atoms with Crippen LogP contribution in [0, 0.1) is 6.92 Å². The maximum Gasteiger partial charge on any atom is 0.334 e. The number of hydrogen-bond donors (Lipinski definition) is 1. The third-order valence-corrected chi connectivity index (χ3v) is 5.51. The zero-order valence-corrected chi connectivity index (χ0v) is 16.1. The van der Waals surface area contributed by atoms with Gasteiger partial charge in [0.05, 0.1) is 11.3 Å². The first-order chi connectivity index (χ1) is 13.0. The van der Waals surface area contributed by atoms with Gasteiger partial charge in [0.25, 0.3) is 5.91 Å². The Morgan fingerprint density at radius 1 is 1.07 bits per heavy atom. The molecule has 27 heavy (non-hydrogen) atoms. The van der Waals surface area contributed by atoms with E-state index in [1.807, 2.05) is 62.4 Å². The molecule has 1 heterocycles. The smallest absolute Gasteiger partial charge is 0.334 e. The molecule has 3 rings (SSSR count). The summed E-state index contributed by atoms with van der Waals surface area (Å²) in [6.45, 7) is 4.21. The molecule has 2 aromatic rings. The van der Waals surface area contributed by atoms with Crippen LogP contribution >= 0.6 is 11.8 Å². The van der Waals surface area contributed by atoms with Gasteiger partial charge in [-0.25, -0.2) is 4.79 Å². The standard InChI is InChI=1S/C22H21NO3S/c1-3-23(21(24)17-11-9-15(2)10-12-17)19-13-20(16-7-5-4-6-8-16)27-14-18(19)22(25)26/h4-13H,3,14H2,1-2H3,(H,25,26). The summed E-state index contributed by atoms with van der Waals surface area (Å²) in [7, 11) is 0. The summed E-state index contributed by atoms with van der Waals surface area (Å²) in [4.78, 5) is 27.4. The van der Waals surface area contributed by atoms with Gasteiger partial charge in [-0.1, -0.05) is 48.0 Å². The van der Waals surface area contributed by atoms with Crippen LogP contribution in [0.4, 0.5) is 0 Å². The second-order valence-corrected chi connectivity index (χ2v) is 7.26. The van der Waals surface area contributed by atoms with Crippen LogP contribution in [0.25, 0.3) is 4.91 Å². The maximum absolute atomic E-state index is 13.1. The van der Waals surface area contributed by atoms with Gasteiger partial charge in [-0.15, -0.1) is 11.8 Å². The molecule has 0 unspecified atom stereocenters. The SMILES string of the molecule is CCN(C(=O)c1ccc(C)cc1)C1=C(C(=O)O)CSC(c2ccccc2)=C1. The topological polar surface area (TPSA) is 57.6 Å². The number of hydrogen-bond acceptors (Lipinski definition) is 3. The number of aryl methyl sites for hydroxylation is 1. The number of benzene rings is 2. The summed E-state index contributed by atoms with van der Waals surface area (Å²) in [5, 5.41) is 9.66. The number of allylic oxidation sites excluding steroid dienone is 1. The van der Waals surface area contributed by atoms with E-state index in [9.17, 15) is 14.7 Å². The van der Waals surface area contributed by atoms with Gasteiger partial charge >= 0.3 is 5.97 Å². The number of likely N-dealkylation sites (N-methyl/N-ethyl adjacent to an activating group) is 1. The Kier molecular flexibility index (Phi) is 5.81. The minimum atomic E-state index is -0.990. The van der Waals surface area contributed by atoms with Crippen molar-refractivity contribution in [2.75, 3.05) is 12.3 Å². The minimum absolute atomic E-state index is 0.193. The summed E-state index contributed by atoms with van der Waals surface area (Å²) in [6, 6.07) is 17.1. The molecule has 0 radical (unpaired) electrons. The molecule has 4 nitrogen and oxygen atoms in total. The quantitative estimate of drug-likeness (QED) is 0.826. The summed E-state index contributed by atoms with van der Waals surface area (Å²) in [5.74, 6) is -0.860. The monoisotopic (exact) mass is 379 g/mol. The lowest BCUT2D eigenvalue weighted by Gasteiger charge is -2.27. The maximum atomic E-state index is 13.1. The van der Waals surface area contributed by atoms with Gasteiger partial charge < -0.3 is 10.0 Å². The number of carboxylic acid groups (broad SMARTS) is 1. The van der Waals surface area contributed by atoms with E-state index in [1.165, 1.54) is 11.8 Å². The van der Waals surface area contributed by atoms with Crippen molar-refractivity contribution in [1.29, 1.82) is 0 Å². The predicted octanol–water partition coefficient (Wildman–Crippen LogP) is 4.58. The fourth-order valence-corrected chi connectivity index (χ4v) is 4.00. The molecule has 0 spiro atoms. The number of carbonyl (C=O) groups excluding carboxylic acids is 1. The zero-order chi connectivity index (χ0) is 19.4. The van der Waals surface area contributed by atoms with E-state index in [-0.39, 0.29) is 11.5 Å². The number of thioether (sulfide) groups is 1. The van der Waals surface area contributed by atoms with Gasteiger partial charge in [0.2, 0.25) is 0 Å². The number of nitrogens with zero attached hydrogens (tertiary/aromatic N) is 1. The average molecular weight is 379 g/mol. The Balaban J connectivity index is 2.04. The van der Waals surface area contributed by atoms with Crippen molar-refractivity contribution in [2.24, 2.45) is 0 Å². The van der Waals surface area contributed by atoms with Gasteiger partial charge in [-0.05, 0) is 37.6 Å². The van der Waals surface area contributed by atoms with Crippen molar-refractivity contribution in [1.82, 2.24) is 4.90 Å². The number of rotatable bonds is 5. The van der Waals surface area contributed by atoms with Crippen LogP contribution in [0.1, 0.15) is 28.4 Å². The van der Waals surface area contributed by atoms with Crippen molar-refractivity contribution in [3.8, 4) is 0 Å². The summed E-state index contributed by atoms with van der Waals surface area (Å²) in [6.07, 6.45) is 1.82. The van der Waals surface area contributed by atoms with Crippen LogP contribution in [0.15, 0.2) is 71.9 Å². The first-order valence-corrected chi connectivity index (χ1v) is 9.74. The summed E-state index contributed by atoms with van der Waals surface area (Å²) >= 11 is 1.48. The van der Waals surface area contributed by atoms with Crippen LogP contribution in [-0.4, -0.2) is 34.2 Å². The van der Waals surface area contributed by atoms with Crippen molar-refractivity contribution < 1.29 is 14.7 Å². The van der Waals surface area contributed by atoms with Crippen molar-refractivity contribution in [2.45, 2.75) is 13.8 Å². The Morgan fingerprint density at radius 2 is 1.74 bits per heavy atom. The Morgan fingerprint density at radius 3 is 2.33 bits per heavy atom. The number of amides is 1. The average Bonchev–Trinajstić information content (AvgIpc) is 2.69. The fourth-order valence-electron chi connectivity index (χ4n) is 2.93. The molecule has 2 aromatic carbocycles. The molecule has 0 bridgehead atoms. The van der Waals surface area contributed by atoms with Crippen LogP contribution in [-0.2, 0) is 4.79 Å². The van der Waals surface area contributed by atoms with Crippen LogP contribution < -0.4 is 0 Å². The Labute approximate surface area is 163 Å². The second-order valence-electron chi connectivity index (χ2n) is 6.25. The molecule has 1 aliphatic heterocycles. The molecule has 138 valence electrons. The first kappa shape index (κ1) is 19.0. The van der Waals surface area contributed by atoms with Gasteiger partial charge in [-0.2, -0.15) is 0 Å². The molecule has 1 amide bonds. The van der Waals surface area contributed by atoms with E-state index in [0.717, 1.165) is 16.0 Å². The van der Waals surface area contributed by atoms with Crippen LogP contribution in [0.5, 0.6) is 0 Å². The molecule has 0 saturated carbocycles. The second kappa shape index (κ2) is 8.27. The third-order valence-electron chi connectivity index (χ3n) is 4.42. The lowest BCUT2D eigenvalue weighted by Crippen LogP contribution is -2.32. The van der Waals surface area contributed by atoms with Crippen molar-refractivity contribution in [3.63, 3.8) is 0 Å². The molecule has 0 atom stereocenters. The minimum Gasteiger partial charge on any atom is -0.478 e. The number of carboxylic acids is 1. The Hall–Kier alpha value is -2.79. The third kappa shape index (κ3) is 4.14. The largest absolute Gasteiger partial charge is 0.478 e. The summed E-state index contributed by atoms with van der Waals surface area (Å²) in [5.41, 5.74) is 3.35. The highest BCUT2D eigenvalue weighted by molar-refractivity contribution is 8.08. The molecular weight excluding hydrogens is 358 g/mol. The molecule has 1 N–H and O–H groups in total. The van der Waals surface area contributed by atoms with Crippen molar-refractivity contribution >= 4 is 28.5 Å². The predicted molar refractivity (Wildman–Crippen MR) is 109 cm³/mol. The molecule has 1 aliphatic rings. The highest BCUT2D eigenvalue weighted by Gasteiger charge is 2.27. The molecule has 0 aliphatic carbocycles. The molecule has 0 fully saturated rings. The number of aliphatic carboxylic acids is 1. The van der Waals surface area contributed by atoms with E-state index >= 15 is 0 Å². The van der Waals surface area contributed by atoms with Gasteiger partial charge in [0.15, 0.2) is 0 Å². The van der Waals surface area contributed by atoms with E-state index in [0.29, 0.717) is 23.6 Å². The van der Waals surface area contributed by atoms with E-state index in [1.54, 1.807) is 17.0 Å². The molecule has 0 aromatic heterocycles. The van der Waals surface area contributed by atoms with Gasteiger partial charge in [-0.3, -0.25) is 4.79 Å². The van der Waals surface area contributed by atoms with E-state index in [2.05, 4.69) is 0 Å². The van der Waals surface area contributed by atoms with Crippen LogP contribution in [0.2, 0.25) is 0 Å². The van der Waals surface area contributed by atoms with Crippen LogP contribution in [0.3, 0.4) is 0 Å². The number of carbonyl (C=O) groups is 2. The summed E-state index contributed by atoms with van der Waals surface area (Å²) < 4.78 is 0. The zero-order valence-electron chi connectivity index (χ0n) is 15.3. The van der Waals surface area contributed by atoms with E-state index < -0.39 is 5.97 Å². The lowest BCUT2D eigenvalue weighted by molar-refractivity contribution is -0.132. The first-order valence-electron chi connectivity index (χ1n) is 8.76. The molecule has 5 heteroatoms. The van der Waals surface area contributed by atoms with E-state index in [4.69, 9.17) is 0 Å². The fraction of sp³-hybridized carbons (Fsp3) is 0.182.